The number of aliphatic hydroxyl groups excluding tert-OH is 1. The molecule has 2 rings (SSSR count). The van der Waals surface area contributed by atoms with E-state index < -0.39 is 65.3 Å². The number of hydrogen-bond donors (Lipinski definition) is 2. The van der Waals surface area contributed by atoms with Crippen LogP contribution in [0.2, 0.25) is 0 Å². The molecule has 5 nitrogen and oxygen atoms in total. The lowest BCUT2D eigenvalue weighted by Crippen LogP contribution is -2.38. The predicted octanol–water partition coefficient (Wildman–Crippen LogP) is 7.79. The highest BCUT2D eigenvalue weighted by Gasteiger charge is 2.38. The maximum Gasteiger partial charge on any atom is 0.419 e. The zero-order chi connectivity index (χ0) is 32.5. The van der Waals surface area contributed by atoms with Crippen LogP contribution >= 0.6 is 0 Å². The molecule has 0 saturated carbocycles. The van der Waals surface area contributed by atoms with Gasteiger partial charge in [0, 0.05) is 12.0 Å². The summed E-state index contributed by atoms with van der Waals surface area (Å²) in [5.41, 5.74) is -3.63. The predicted molar refractivity (Wildman–Crippen MR) is 147 cm³/mol. The summed E-state index contributed by atoms with van der Waals surface area (Å²) in [6.07, 6.45) is -8.29. The summed E-state index contributed by atoms with van der Waals surface area (Å²) >= 11 is 0. The molecule has 2 aromatic rings. The fourth-order valence-electron chi connectivity index (χ4n) is 4.65. The molecule has 0 aliphatic heterocycles. The number of halogens is 7. The molecule has 1 amide bonds. The molecular weight excluding hydrogens is 583 g/mol. The van der Waals surface area contributed by atoms with Crippen LogP contribution in [0.1, 0.15) is 72.9 Å². The molecule has 2 aromatic carbocycles. The van der Waals surface area contributed by atoms with Crippen LogP contribution in [0.15, 0.2) is 49.6 Å². The zero-order valence-corrected chi connectivity index (χ0v) is 23.8. The highest BCUT2D eigenvalue weighted by atomic mass is 19.4. The summed E-state index contributed by atoms with van der Waals surface area (Å²) in [6, 6.07) is 1.39. The Morgan fingerprint density at radius 3 is 2.26 bits per heavy atom. The monoisotopic (exact) mass is 617 g/mol. The summed E-state index contributed by atoms with van der Waals surface area (Å²) in [5, 5.41) is 12.3. The van der Waals surface area contributed by atoms with E-state index in [1.807, 2.05) is 0 Å². The van der Waals surface area contributed by atoms with Gasteiger partial charge in [-0.25, -0.2) is 4.39 Å². The molecule has 0 heterocycles. The van der Waals surface area contributed by atoms with Gasteiger partial charge in [0.05, 0.1) is 30.2 Å². The van der Waals surface area contributed by atoms with Crippen LogP contribution < -0.4 is 5.32 Å². The fourth-order valence-corrected chi connectivity index (χ4v) is 4.65. The van der Waals surface area contributed by atoms with Gasteiger partial charge in [-0.1, -0.05) is 12.2 Å². The largest absolute Gasteiger partial charge is 0.466 e. The van der Waals surface area contributed by atoms with Crippen molar-refractivity contribution in [2.75, 3.05) is 6.61 Å². The average molecular weight is 618 g/mol. The van der Waals surface area contributed by atoms with Gasteiger partial charge < -0.3 is 15.2 Å². The van der Waals surface area contributed by atoms with Crippen molar-refractivity contribution in [3.8, 4) is 11.1 Å². The van der Waals surface area contributed by atoms with Gasteiger partial charge in [0.2, 0.25) is 5.91 Å². The number of nitrogens with one attached hydrogen (secondary N) is 1. The van der Waals surface area contributed by atoms with Crippen molar-refractivity contribution < 1.29 is 50.2 Å². The van der Waals surface area contributed by atoms with Gasteiger partial charge in [0.25, 0.3) is 0 Å². The molecule has 0 radical (unpaired) electrons. The third kappa shape index (κ3) is 9.67. The van der Waals surface area contributed by atoms with Crippen LogP contribution in [0.25, 0.3) is 11.1 Å². The Labute approximate surface area is 245 Å². The highest BCUT2D eigenvalue weighted by Crippen LogP contribution is 2.42. The second kappa shape index (κ2) is 15.2. The lowest BCUT2D eigenvalue weighted by Gasteiger charge is -2.24. The lowest BCUT2D eigenvalue weighted by molar-refractivity contribution is -0.144. The summed E-state index contributed by atoms with van der Waals surface area (Å²) < 4.78 is 104. The molecule has 0 aliphatic carbocycles. The molecule has 2 N–H and O–H groups in total. The number of unbranched alkanes of at least 4 members (excludes halogenated alkanes) is 2. The Bertz CT molecular complexity index is 1320. The van der Waals surface area contributed by atoms with Crippen LogP contribution in [0.3, 0.4) is 0 Å². The van der Waals surface area contributed by atoms with Crippen molar-refractivity contribution in [2.24, 2.45) is 0 Å². The van der Waals surface area contributed by atoms with Crippen molar-refractivity contribution in [3.05, 3.63) is 83.2 Å². The normalized spacial score (nSPS) is 13.3. The second-order valence-electron chi connectivity index (χ2n) is 9.89. The lowest BCUT2D eigenvalue weighted by atomic mass is 9.87. The molecule has 236 valence electrons. The first-order valence-corrected chi connectivity index (χ1v) is 13.5. The Balaban J connectivity index is 2.86. The first-order chi connectivity index (χ1) is 20.0. The van der Waals surface area contributed by atoms with E-state index in [0.717, 1.165) is 18.2 Å². The number of esters is 1. The van der Waals surface area contributed by atoms with Crippen LogP contribution in [0.5, 0.6) is 0 Å². The number of rotatable bonds is 14. The van der Waals surface area contributed by atoms with Gasteiger partial charge in [-0.2, -0.15) is 26.3 Å². The molecule has 2 atom stereocenters. The van der Waals surface area contributed by atoms with E-state index in [2.05, 4.69) is 18.5 Å². The van der Waals surface area contributed by atoms with Crippen LogP contribution in [0, 0.1) is 12.7 Å². The van der Waals surface area contributed by atoms with Gasteiger partial charge >= 0.3 is 18.3 Å². The van der Waals surface area contributed by atoms with Gasteiger partial charge in [-0.15, -0.1) is 13.2 Å². The molecule has 0 bridgehead atoms. The quantitative estimate of drug-likeness (QED) is 0.0983. The Hall–Kier alpha value is -3.67. The molecule has 0 spiro atoms. The minimum absolute atomic E-state index is 0.00777. The summed E-state index contributed by atoms with van der Waals surface area (Å²) in [7, 11) is 0. The standard InChI is InChI=1S/C31H34F7NO4/c1-5-8-9-10-12-19-14-21(30(33,34)35)13-18(4)27(19)20-15-22(28(32)23(16-20)31(36,37)38)24(17-26(41)43-7-3)39-29(42)25(40)11-6-2/h5-6,13-16,24-25,40H,1-2,7-12,17H2,3-4H3,(H,39,42)/t24-,25+/m0/s1. The van der Waals surface area contributed by atoms with Gasteiger partial charge in [0.15, 0.2) is 0 Å². The molecule has 43 heavy (non-hydrogen) atoms. The van der Waals surface area contributed by atoms with E-state index in [-0.39, 0.29) is 41.7 Å². The van der Waals surface area contributed by atoms with E-state index in [9.17, 15) is 41.0 Å². The maximum absolute atomic E-state index is 15.6. The van der Waals surface area contributed by atoms with Crippen molar-refractivity contribution in [2.45, 2.75) is 76.9 Å². The van der Waals surface area contributed by atoms with Gasteiger partial charge in [0.1, 0.15) is 11.9 Å². The summed E-state index contributed by atoms with van der Waals surface area (Å²) in [6.45, 7) is 9.63. The topological polar surface area (TPSA) is 75.6 Å². The number of benzene rings is 2. The minimum atomic E-state index is -5.25. The van der Waals surface area contributed by atoms with Gasteiger partial charge in [-0.05, 0) is 86.1 Å². The van der Waals surface area contributed by atoms with E-state index >= 15 is 4.39 Å². The third-order valence-electron chi connectivity index (χ3n) is 6.60. The number of aliphatic hydroxyl groups is 1. The van der Waals surface area contributed by atoms with E-state index in [4.69, 9.17) is 4.74 Å². The number of amides is 1. The molecule has 0 unspecified atom stereocenters. The van der Waals surface area contributed by atoms with Crippen molar-refractivity contribution in [1.29, 1.82) is 0 Å². The van der Waals surface area contributed by atoms with Crippen LogP contribution in [0.4, 0.5) is 30.7 Å². The molecule has 0 saturated heterocycles. The number of alkyl halides is 6. The first-order valence-electron chi connectivity index (χ1n) is 13.5. The fraction of sp³-hybridized carbons (Fsp3) is 0.419. The second-order valence-corrected chi connectivity index (χ2v) is 9.89. The van der Waals surface area contributed by atoms with E-state index in [0.29, 0.717) is 25.3 Å². The average Bonchev–Trinajstić information content (AvgIpc) is 2.90. The number of carbonyl (C=O) groups is 2. The van der Waals surface area contributed by atoms with E-state index in [1.54, 1.807) is 6.08 Å². The van der Waals surface area contributed by atoms with Crippen molar-refractivity contribution in [1.82, 2.24) is 5.32 Å². The Morgan fingerprint density at radius 2 is 1.70 bits per heavy atom. The van der Waals surface area contributed by atoms with Crippen LogP contribution in [-0.4, -0.2) is 29.7 Å². The first kappa shape index (κ1) is 35.5. The van der Waals surface area contributed by atoms with Crippen LogP contribution in [-0.2, 0) is 33.1 Å². The smallest absolute Gasteiger partial charge is 0.419 e. The molecule has 0 fully saturated rings. The molecule has 12 heteroatoms. The Kier molecular flexibility index (Phi) is 12.5. The number of hydrogen-bond acceptors (Lipinski definition) is 4. The number of allylic oxidation sites excluding steroid dienone is 1. The highest BCUT2D eigenvalue weighted by molar-refractivity contribution is 5.82. The zero-order valence-electron chi connectivity index (χ0n) is 23.8. The van der Waals surface area contributed by atoms with E-state index in [1.165, 1.54) is 19.9 Å². The SMILES string of the molecule is C=CCCCCc1cc(C(F)(F)F)cc(C)c1-c1cc([C@H](CC(=O)OCC)NC(=O)[C@H](O)CC=C)c(F)c(C(F)(F)F)c1. The Morgan fingerprint density at radius 1 is 1.02 bits per heavy atom. The number of carbonyl (C=O) groups excluding carboxylic acids is 2. The number of aryl methyl sites for hydroxylation is 2. The number of ether oxygens (including phenoxy) is 1. The summed E-state index contributed by atoms with van der Waals surface area (Å²) in [4.78, 5) is 24.9. The maximum atomic E-state index is 15.6. The minimum Gasteiger partial charge on any atom is -0.466 e. The summed E-state index contributed by atoms with van der Waals surface area (Å²) in [5.74, 6) is -3.87. The van der Waals surface area contributed by atoms with Crippen molar-refractivity contribution in [3.63, 3.8) is 0 Å². The molecular formula is C31H34F7NO4. The van der Waals surface area contributed by atoms with Gasteiger partial charge in [-0.3, -0.25) is 9.59 Å². The van der Waals surface area contributed by atoms with Crippen molar-refractivity contribution >= 4 is 11.9 Å². The third-order valence-corrected chi connectivity index (χ3v) is 6.60. The molecule has 0 aliphatic rings. The molecule has 0 aromatic heterocycles.